The topological polar surface area (TPSA) is 49.4 Å². The number of rotatable bonds is 12. The monoisotopic (exact) mass is 572 g/mol. The number of hydrogen-bond donors (Lipinski definition) is 1. The Morgan fingerprint density at radius 1 is 0.800 bits per heavy atom. The van der Waals surface area contributed by atoms with Crippen LogP contribution >= 0.6 is 23.2 Å². The van der Waals surface area contributed by atoms with Gasteiger partial charge in [-0.15, -0.1) is 0 Å². The van der Waals surface area contributed by atoms with Gasteiger partial charge in [-0.1, -0.05) is 127 Å². The summed E-state index contributed by atoms with van der Waals surface area (Å²) in [7, 11) is 0. The number of carbonyl (C=O) groups excluding carboxylic acids is 2. The number of hydrogen-bond acceptors (Lipinski definition) is 2. The van der Waals surface area contributed by atoms with Crippen molar-refractivity contribution in [3.63, 3.8) is 0 Å². The zero-order valence-corrected chi connectivity index (χ0v) is 24.1. The SMILES string of the molecule is CCCNC(=O)[C@H](Cc1ccccc1)N(Cc1ccc(Cl)cc1Cl)C(=O)CC(c1ccccc1)c1ccccc1. The summed E-state index contributed by atoms with van der Waals surface area (Å²) < 4.78 is 0. The van der Waals surface area contributed by atoms with Crippen molar-refractivity contribution in [1.82, 2.24) is 10.2 Å². The summed E-state index contributed by atoms with van der Waals surface area (Å²) in [5, 5.41) is 4.00. The van der Waals surface area contributed by atoms with Gasteiger partial charge in [-0.25, -0.2) is 0 Å². The smallest absolute Gasteiger partial charge is 0.243 e. The van der Waals surface area contributed by atoms with E-state index < -0.39 is 6.04 Å². The first-order valence-corrected chi connectivity index (χ1v) is 14.4. The van der Waals surface area contributed by atoms with Crippen molar-refractivity contribution in [1.29, 1.82) is 0 Å². The van der Waals surface area contributed by atoms with Crippen LogP contribution in [0.3, 0.4) is 0 Å². The molecule has 40 heavy (non-hydrogen) atoms. The first-order valence-electron chi connectivity index (χ1n) is 13.6. The summed E-state index contributed by atoms with van der Waals surface area (Å²) in [6, 6.07) is 34.4. The molecule has 0 aliphatic rings. The van der Waals surface area contributed by atoms with Crippen molar-refractivity contribution in [3.05, 3.63) is 141 Å². The second kappa shape index (κ2) is 14.7. The summed E-state index contributed by atoms with van der Waals surface area (Å²) in [5.41, 5.74) is 3.79. The van der Waals surface area contributed by atoms with E-state index in [0.29, 0.717) is 23.0 Å². The highest BCUT2D eigenvalue weighted by Crippen LogP contribution is 2.31. The van der Waals surface area contributed by atoms with Gasteiger partial charge in [-0.05, 0) is 40.8 Å². The Bertz CT molecular complexity index is 1340. The number of amides is 2. The third kappa shape index (κ3) is 7.97. The zero-order valence-electron chi connectivity index (χ0n) is 22.6. The van der Waals surface area contributed by atoms with Gasteiger partial charge in [-0.2, -0.15) is 0 Å². The van der Waals surface area contributed by atoms with Crippen LogP contribution in [-0.2, 0) is 22.6 Å². The van der Waals surface area contributed by atoms with Crippen molar-refractivity contribution in [2.75, 3.05) is 6.54 Å². The van der Waals surface area contributed by atoms with Crippen LogP contribution in [0.5, 0.6) is 0 Å². The maximum absolute atomic E-state index is 14.4. The van der Waals surface area contributed by atoms with Crippen LogP contribution in [0.25, 0.3) is 0 Å². The lowest BCUT2D eigenvalue weighted by Gasteiger charge is -2.33. The van der Waals surface area contributed by atoms with Gasteiger partial charge in [0.2, 0.25) is 11.8 Å². The van der Waals surface area contributed by atoms with E-state index in [2.05, 4.69) is 5.32 Å². The average Bonchev–Trinajstić information content (AvgIpc) is 2.98. The van der Waals surface area contributed by atoms with Crippen molar-refractivity contribution in [2.45, 2.75) is 44.7 Å². The quantitative estimate of drug-likeness (QED) is 0.189. The molecule has 0 saturated heterocycles. The minimum absolute atomic E-state index is 0.128. The summed E-state index contributed by atoms with van der Waals surface area (Å²) >= 11 is 12.7. The lowest BCUT2D eigenvalue weighted by molar-refractivity contribution is -0.141. The Labute approximate surface area is 246 Å². The van der Waals surface area contributed by atoms with E-state index in [9.17, 15) is 9.59 Å². The van der Waals surface area contributed by atoms with Crippen molar-refractivity contribution < 1.29 is 9.59 Å². The van der Waals surface area contributed by atoms with Gasteiger partial charge in [0.1, 0.15) is 6.04 Å². The van der Waals surface area contributed by atoms with E-state index in [4.69, 9.17) is 23.2 Å². The second-order valence-corrected chi connectivity index (χ2v) is 10.7. The lowest BCUT2D eigenvalue weighted by atomic mass is 9.87. The second-order valence-electron chi connectivity index (χ2n) is 9.83. The average molecular weight is 574 g/mol. The normalized spacial score (nSPS) is 11.7. The zero-order chi connectivity index (χ0) is 28.3. The summed E-state index contributed by atoms with van der Waals surface area (Å²) in [6.07, 6.45) is 1.38. The maximum atomic E-state index is 14.4. The molecule has 0 fully saturated rings. The van der Waals surface area contributed by atoms with Crippen LogP contribution in [0.4, 0.5) is 0 Å². The van der Waals surface area contributed by atoms with E-state index in [1.165, 1.54) is 0 Å². The first kappa shape index (κ1) is 29.4. The molecule has 4 aromatic rings. The molecule has 4 rings (SSSR count). The number of halogens is 2. The molecular formula is C34H34Cl2N2O2. The van der Waals surface area contributed by atoms with Gasteiger partial charge in [0.15, 0.2) is 0 Å². The highest BCUT2D eigenvalue weighted by Gasteiger charge is 2.32. The Morgan fingerprint density at radius 3 is 1.93 bits per heavy atom. The summed E-state index contributed by atoms with van der Waals surface area (Å²) in [4.78, 5) is 29.7. The van der Waals surface area contributed by atoms with E-state index in [0.717, 1.165) is 28.7 Å². The van der Waals surface area contributed by atoms with Gasteiger partial charge >= 0.3 is 0 Å². The summed E-state index contributed by atoms with van der Waals surface area (Å²) in [5.74, 6) is -0.481. The highest BCUT2D eigenvalue weighted by molar-refractivity contribution is 6.35. The predicted octanol–water partition coefficient (Wildman–Crippen LogP) is 7.68. The minimum Gasteiger partial charge on any atom is -0.354 e. The Balaban J connectivity index is 1.74. The van der Waals surface area contributed by atoms with E-state index in [-0.39, 0.29) is 30.7 Å². The fourth-order valence-electron chi connectivity index (χ4n) is 4.84. The molecule has 0 aliphatic carbocycles. The van der Waals surface area contributed by atoms with Gasteiger partial charge in [-0.3, -0.25) is 9.59 Å². The fourth-order valence-corrected chi connectivity index (χ4v) is 5.31. The molecule has 0 spiro atoms. The standard InChI is InChI=1S/C34H34Cl2N2O2/c1-2-20-37-34(40)32(21-25-12-6-3-7-13-25)38(24-28-18-19-29(35)22-31(28)36)33(39)23-30(26-14-8-4-9-15-26)27-16-10-5-11-17-27/h3-19,22,30,32H,2,20-21,23-24H2,1H3,(H,37,40)/t32-/m0/s1. The van der Waals surface area contributed by atoms with Crippen molar-refractivity contribution >= 4 is 35.0 Å². The molecule has 0 radical (unpaired) electrons. The van der Waals surface area contributed by atoms with E-state index in [1.807, 2.05) is 104 Å². The molecule has 0 unspecified atom stereocenters. The molecule has 2 amide bonds. The van der Waals surface area contributed by atoms with Crippen LogP contribution in [-0.4, -0.2) is 29.3 Å². The Kier molecular flexibility index (Phi) is 10.8. The van der Waals surface area contributed by atoms with Crippen molar-refractivity contribution in [2.24, 2.45) is 0 Å². The lowest BCUT2D eigenvalue weighted by Crippen LogP contribution is -2.51. The van der Waals surface area contributed by atoms with Crippen LogP contribution in [0.15, 0.2) is 109 Å². The molecule has 1 atom stereocenters. The number of nitrogens with zero attached hydrogens (tertiary/aromatic N) is 1. The van der Waals surface area contributed by atoms with E-state index in [1.54, 1.807) is 17.0 Å². The van der Waals surface area contributed by atoms with Gasteiger partial charge in [0.05, 0.1) is 0 Å². The van der Waals surface area contributed by atoms with Gasteiger partial charge in [0.25, 0.3) is 0 Å². The predicted molar refractivity (Wildman–Crippen MR) is 164 cm³/mol. The highest BCUT2D eigenvalue weighted by atomic mass is 35.5. The molecule has 0 bridgehead atoms. The number of benzene rings is 4. The number of carbonyl (C=O) groups is 2. The molecule has 6 heteroatoms. The largest absolute Gasteiger partial charge is 0.354 e. The van der Waals surface area contributed by atoms with Crippen LogP contribution in [0.1, 0.15) is 47.9 Å². The minimum atomic E-state index is -0.722. The molecule has 0 saturated carbocycles. The molecular weight excluding hydrogens is 539 g/mol. The Morgan fingerprint density at radius 2 is 1.38 bits per heavy atom. The third-order valence-electron chi connectivity index (χ3n) is 6.96. The fraction of sp³-hybridized carbons (Fsp3) is 0.235. The van der Waals surface area contributed by atoms with E-state index >= 15 is 0 Å². The third-order valence-corrected chi connectivity index (χ3v) is 7.55. The van der Waals surface area contributed by atoms with Crippen LogP contribution in [0.2, 0.25) is 10.0 Å². The van der Waals surface area contributed by atoms with Gasteiger partial charge < -0.3 is 10.2 Å². The Hall–Kier alpha value is -3.60. The van der Waals surface area contributed by atoms with Crippen LogP contribution in [0, 0.1) is 0 Å². The molecule has 0 heterocycles. The summed E-state index contributed by atoms with van der Waals surface area (Å²) in [6.45, 7) is 2.72. The molecule has 4 nitrogen and oxygen atoms in total. The van der Waals surface area contributed by atoms with Gasteiger partial charge in [0, 0.05) is 41.9 Å². The molecule has 4 aromatic carbocycles. The molecule has 1 N–H and O–H groups in total. The molecule has 0 aromatic heterocycles. The maximum Gasteiger partial charge on any atom is 0.243 e. The molecule has 0 aliphatic heterocycles. The van der Waals surface area contributed by atoms with Crippen molar-refractivity contribution in [3.8, 4) is 0 Å². The number of nitrogens with one attached hydrogen (secondary N) is 1. The first-order chi connectivity index (χ1) is 19.5. The van der Waals surface area contributed by atoms with Crippen LogP contribution < -0.4 is 5.32 Å². The molecule has 206 valence electrons.